The van der Waals surface area contributed by atoms with Crippen LogP contribution in [0.2, 0.25) is 0 Å². The van der Waals surface area contributed by atoms with Crippen LogP contribution in [0, 0.1) is 5.41 Å². The molecule has 1 aliphatic rings. The molecule has 1 heterocycles. The topological polar surface area (TPSA) is 88.0 Å². The van der Waals surface area contributed by atoms with E-state index in [2.05, 4.69) is 5.32 Å². The Morgan fingerprint density at radius 3 is 2.52 bits per heavy atom. The number of carbonyl (C=O) groups excluding carboxylic acids is 1. The van der Waals surface area contributed by atoms with Crippen molar-refractivity contribution in [2.24, 2.45) is 11.1 Å². The quantitative estimate of drug-likeness (QED) is 0.792. The number of aromatic nitrogens is 1. The minimum absolute atomic E-state index is 0.110. The van der Waals surface area contributed by atoms with Crippen molar-refractivity contribution >= 4 is 11.6 Å². The summed E-state index contributed by atoms with van der Waals surface area (Å²) in [6.45, 7) is 0.347. The van der Waals surface area contributed by atoms with E-state index in [4.69, 9.17) is 5.73 Å². The van der Waals surface area contributed by atoms with E-state index < -0.39 is 28.9 Å². The summed E-state index contributed by atoms with van der Waals surface area (Å²) in [5, 5.41) is 2.29. The van der Waals surface area contributed by atoms with Crippen molar-refractivity contribution in [3.8, 4) is 0 Å². The smallest absolute Gasteiger partial charge is 0.330 e. The highest BCUT2D eigenvalue weighted by molar-refractivity contribution is 5.91. The fourth-order valence-electron chi connectivity index (χ4n) is 3.03. The summed E-state index contributed by atoms with van der Waals surface area (Å²) in [6.07, 6.45) is 0.789. The molecular formula is C15H20F3N3O2. The fraction of sp³-hybridized carbons (Fsp3) is 0.600. The first kappa shape index (κ1) is 17.5. The van der Waals surface area contributed by atoms with Gasteiger partial charge in [-0.1, -0.05) is 19.3 Å². The third kappa shape index (κ3) is 4.34. The maximum Gasteiger partial charge on any atom is 0.417 e. The third-order valence-electron chi connectivity index (χ3n) is 4.39. The second-order valence-corrected chi connectivity index (χ2v) is 6.12. The molecule has 5 nitrogen and oxygen atoms in total. The maximum atomic E-state index is 12.7. The number of alkyl halides is 3. The number of nitrogens with one attached hydrogen (secondary N) is 2. The van der Waals surface area contributed by atoms with Gasteiger partial charge in [0.2, 0.25) is 5.91 Å². The number of carbonyl (C=O) groups is 1. The van der Waals surface area contributed by atoms with Gasteiger partial charge in [0, 0.05) is 12.6 Å². The van der Waals surface area contributed by atoms with Crippen LogP contribution in [-0.2, 0) is 11.0 Å². The Hall–Kier alpha value is -1.83. The van der Waals surface area contributed by atoms with E-state index in [-0.39, 0.29) is 11.8 Å². The number of aromatic amines is 1. The van der Waals surface area contributed by atoms with E-state index in [0.29, 0.717) is 18.8 Å². The van der Waals surface area contributed by atoms with Crippen LogP contribution in [0.3, 0.4) is 0 Å². The molecule has 0 spiro atoms. The predicted octanol–water partition coefficient (Wildman–Crippen LogP) is 2.63. The zero-order valence-electron chi connectivity index (χ0n) is 12.6. The van der Waals surface area contributed by atoms with Crippen LogP contribution >= 0.6 is 0 Å². The van der Waals surface area contributed by atoms with Crippen molar-refractivity contribution in [2.75, 3.05) is 11.9 Å². The molecule has 1 fully saturated rings. The van der Waals surface area contributed by atoms with Crippen molar-refractivity contribution in [2.45, 2.75) is 44.7 Å². The van der Waals surface area contributed by atoms with E-state index >= 15 is 0 Å². The van der Waals surface area contributed by atoms with Gasteiger partial charge < -0.3 is 16.0 Å². The zero-order chi connectivity index (χ0) is 17.1. The van der Waals surface area contributed by atoms with Gasteiger partial charge in [0.05, 0.1) is 5.56 Å². The Balaban J connectivity index is 2.12. The number of hydrogen-bond acceptors (Lipinski definition) is 3. The highest BCUT2D eigenvalue weighted by Gasteiger charge is 2.34. The van der Waals surface area contributed by atoms with Gasteiger partial charge in [-0.15, -0.1) is 0 Å². The second-order valence-electron chi connectivity index (χ2n) is 6.12. The number of hydrogen-bond donors (Lipinski definition) is 3. The van der Waals surface area contributed by atoms with E-state index in [1.807, 2.05) is 4.98 Å². The van der Waals surface area contributed by atoms with Crippen molar-refractivity contribution in [1.29, 1.82) is 0 Å². The lowest BCUT2D eigenvalue weighted by Crippen LogP contribution is -2.37. The Kier molecular flexibility index (Phi) is 5.13. The second kappa shape index (κ2) is 6.74. The van der Waals surface area contributed by atoms with Gasteiger partial charge in [0.25, 0.3) is 5.56 Å². The maximum absolute atomic E-state index is 12.7. The van der Waals surface area contributed by atoms with Crippen molar-refractivity contribution in [3.05, 3.63) is 28.2 Å². The van der Waals surface area contributed by atoms with Gasteiger partial charge >= 0.3 is 6.18 Å². The molecule has 8 heteroatoms. The van der Waals surface area contributed by atoms with Crippen LogP contribution in [0.5, 0.6) is 0 Å². The van der Waals surface area contributed by atoms with Crippen LogP contribution in [0.1, 0.15) is 44.1 Å². The monoisotopic (exact) mass is 331 g/mol. The Morgan fingerprint density at radius 1 is 1.30 bits per heavy atom. The lowest BCUT2D eigenvalue weighted by Gasteiger charge is -2.35. The third-order valence-corrected chi connectivity index (χ3v) is 4.39. The van der Waals surface area contributed by atoms with Crippen LogP contribution in [-0.4, -0.2) is 17.4 Å². The molecule has 1 aromatic rings. The largest absolute Gasteiger partial charge is 0.417 e. The summed E-state index contributed by atoms with van der Waals surface area (Å²) in [4.78, 5) is 25.8. The number of nitrogens with two attached hydrogens (primary N) is 1. The van der Waals surface area contributed by atoms with Gasteiger partial charge in [-0.2, -0.15) is 13.2 Å². The summed E-state index contributed by atoms with van der Waals surface area (Å²) >= 11 is 0. The van der Waals surface area contributed by atoms with E-state index in [9.17, 15) is 22.8 Å². The Bertz CT molecular complexity index is 619. The zero-order valence-corrected chi connectivity index (χ0v) is 12.6. The minimum Gasteiger partial charge on any atom is -0.330 e. The average Bonchev–Trinajstić information content (AvgIpc) is 2.49. The standard InChI is InChI=1S/C15H20F3N3O2/c16-15(17,18)10-6-11(13(23)20-8-10)21-12(22)7-14(9-19)4-2-1-3-5-14/h6,8H,1-5,7,9,19H2,(H,20,23)(H,21,22). The fourth-order valence-corrected chi connectivity index (χ4v) is 3.03. The summed E-state index contributed by atoms with van der Waals surface area (Å²) < 4.78 is 38.0. The molecule has 23 heavy (non-hydrogen) atoms. The first-order valence-corrected chi connectivity index (χ1v) is 7.56. The number of H-pyrrole nitrogens is 1. The summed E-state index contributed by atoms with van der Waals surface area (Å²) in [5.74, 6) is -0.484. The molecule has 128 valence electrons. The Labute approximate surface area is 131 Å². The van der Waals surface area contributed by atoms with Crippen LogP contribution in [0.4, 0.5) is 18.9 Å². The molecular weight excluding hydrogens is 311 g/mol. The number of halogens is 3. The predicted molar refractivity (Wildman–Crippen MR) is 79.9 cm³/mol. The number of amides is 1. The molecule has 0 atom stereocenters. The van der Waals surface area contributed by atoms with E-state index in [1.165, 1.54) is 0 Å². The molecule has 0 aliphatic heterocycles. The van der Waals surface area contributed by atoms with Gasteiger partial charge in [0.15, 0.2) is 0 Å². The molecule has 0 radical (unpaired) electrons. The highest BCUT2D eigenvalue weighted by Crippen LogP contribution is 2.38. The van der Waals surface area contributed by atoms with Crippen molar-refractivity contribution in [3.63, 3.8) is 0 Å². The summed E-state index contributed by atoms with van der Waals surface area (Å²) in [6, 6.07) is 0.646. The summed E-state index contributed by atoms with van der Waals surface area (Å²) in [5.41, 5.74) is 3.29. The Morgan fingerprint density at radius 2 is 1.96 bits per heavy atom. The molecule has 0 unspecified atom stereocenters. The molecule has 0 aromatic carbocycles. The molecule has 1 amide bonds. The lowest BCUT2D eigenvalue weighted by molar-refractivity contribution is -0.137. The van der Waals surface area contributed by atoms with E-state index in [1.54, 1.807) is 0 Å². The lowest BCUT2D eigenvalue weighted by atomic mass is 9.71. The van der Waals surface area contributed by atoms with Gasteiger partial charge in [-0.3, -0.25) is 9.59 Å². The van der Waals surface area contributed by atoms with Crippen LogP contribution in [0.25, 0.3) is 0 Å². The molecule has 1 saturated carbocycles. The molecule has 0 bridgehead atoms. The molecule has 1 aliphatic carbocycles. The number of pyridine rings is 1. The first-order valence-electron chi connectivity index (χ1n) is 7.56. The van der Waals surface area contributed by atoms with Crippen molar-refractivity contribution in [1.82, 2.24) is 4.98 Å². The first-order chi connectivity index (χ1) is 10.8. The highest BCUT2D eigenvalue weighted by atomic mass is 19.4. The molecule has 4 N–H and O–H groups in total. The normalized spacial score (nSPS) is 17.7. The van der Waals surface area contributed by atoms with Gasteiger partial charge in [0.1, 0.15) is 5.69 Å². The number of rotatable bonds is 4. The molecule has 0 saturated heterocycles. The summed E-state index contributed by atoms with van der Waals surface area (Å²) in [7, 11) is 0. The van der Waals surface area contributed by atoms with Crippen LogP contribution < -0.4 is 16.6 Å². The molecule has 1 aromatic heterocycles. The van der Waals surface area contributed by atoms with Crippen molar-refractivity contribution < 1.29 is 18.0 Å². The minimum atomic E-state index is -4.59. The van der Waals surface area contributed by atoms with Gasteiger partial charge in [-0.25, -0.2) is 0 Å². The van der Waals surface area contributed by atoms with E-state index in [0.717, 1.165) is 32.1 Å². The van der Waals surface area contributed by atoms with Crippen LogP contribution in [0.15, 0.2) is 17.1 Å². The SMILES string of the molecule is NCC1(CC(=O)Nc2cc(C(F)(F)F)c[nH]c2=O)CCCCC1. The average molecular weight is 331 g/mol. The van der Waals surface area contributed by atoms with Gasteiger partial charge in [-0.05, 0) is 30.9 Å². The molecule has 2 rings (SSSR count). The number of anilines is 1.